The Balaban J connectivity index is 1.06. The molecule has 16 nitrogen and oxygen atoms in total. The van der Waals surface area contributed by atoms with E-state index in [0.717, 1.165) is 34.7 Å². The molecule has 5 aromatic heterocycles. The van der Waals surface area contributed by atoms with Gasteiger partial charge in [0.2, 0.25) is 0 Å². The lowest BCUT2D eigenvalue weighted by Gasteiger charge is -2.28. The third kappa shape index (κ3) is 5.76. The molecule has 3 aromatic carbocycles. The van der Waals surface area contributed by atoms with Crippen LogP contribution < -0.4 is 11.4 Å². The number of nitrogens with zero attached hydrogens (tertiary/aromatic N) is 9. The molecule has 0 spiro atoms. The van der Waals surface area contributed by atoms with Crippen molar-refractivity contribution in [3.05, 3.63) is 134 Å². The maximum Gasteiger partial charge on any atom is 0.438 e. The van der Waals surface area contributed by atoms with Crippen molar-refractivity contribution in [1.29, 1.82) is 0 Å². The first kappa shape index (κ1) is 38.5. The smallest absolute Gasteiger partial charge is 0.381 e. The van der Waals surface area contributed by atoms with E-state index in [4.69, 9.17) is 14.4 Å². The maximum atomic E-state index is 15.4. The summed E-state index contributed by atoms with van der Waals surface area (Å²) in [6, 6.07) is 16.8. The van der Waals surface area contributed by atoms with Crippen LogP contribution in [0.25, 0.3) is 39.0 Å². The van der Waals surface area contributed by atoms with Gasteiger partial charge >= 0.3 is 11.4 Å². The topological polar surface area (TPSA) is 173 Å². The van der Waals surface area contributed by atoms with Gasteiger partial charge in [-0.05, 0) is 110 Å². The fraction of sp³-hybridized carbons (Fsp3) is 0.341. The van der Waals surface area contributed by atoms with Crippen LogP contribution in [0.3, 0.4) is 0 Å². The number of ether oxygens (including phenoxy) is 1. The Morgan fingerprint density at radius 1 is 0.919 bits per heavy atom. The monoisotopic (exact) mass is 858 g/mol. The number of imidazole rings is 1. The van der Waals surface area contributed by atoms with E-state index in [1.807, 2.05) is 42.8 Å². The lowest BCUT2D eigenvalue weighted by atomic mass is 9.91. The summed E-state index contributed by atoms with van der Waals surface area (Å²) < 4.78 is 66.1. The molecule has 62 heavy (non-hydrogen) atoms. The van der Waals surface area contributed by atoms with Gasteiger partial charge in [-0.25, -0.2) is 27.1 Å². The number of sulfonamides is 1. The Hall–Kier alpha value is -6.37. The quantitative estimate of drug-likeness (QED) is 0.207. The molecule has 1 N–H and O–H groups in total. The second-order valence-corrected chi connectivity index (χ2v) is 18.9. The molecule has 318 valence electrons. The first-order chi connectivity index (χ1) is 29.8. The van der Waals surface area contributed by atoms with Crippen LogP contribution in [0.15, 0.2) is 92.3 Å². The zero-order valence-electron chi connectivity index (χ0n) is 34.5. The van der Waals surface area contributed by atoms with Crippen LogP contribution in [0.4, 0.5) is 4.39 Å². The maximum absolute atomic E-state index is 15.4. The lowest BCUT2D eigenvalue weighted by molar-refractivity contribution is 0.0853. The van der Waals surface area contributed by atoms with Crippen molar-refractivity contribution in [2.45, 2.75) is 69.5 Å². The second kappa shape index (κ2) is 13.8. The average Bonchev–Trinajstić information content (AvgIpc) is 3.90. The van der Waals surface area contributed by atoms with E-state index in [1.54, 1.807) is 60.0 Å². The molecule has 3 aliphatic rings. The van der Waals surface area contributed by atoms with Crippen molar-refractivity contribution in [3.63, 3.8) is 0 Å². The number of halogens is 1. The number of nitrogens with one attached hydrogen (secondary N) is 1. The number of aromatic amines is 1. The fourth-order valence-electron chi connectivity index (χ4n) is 9.85. The standard InChI is InChI=1S/C44H43FN10O6S/c1-25-17-33(18-26(2)39(25)45)55-40(53-14-13-52(43(53)57)32-6-8-36-31(20-32)23-46-50(36)4)34-24-51(12-9-35(34)48-55)62(58,59)38-21-30-19-29(28-10-15-60-16-11-28)5-7-37(30)54(38)44(22-27(44)3)41-47-42(56)61-49-41/h5-8,13-14,17-21,23,27-28H,9-12,15-16,22,24H2,1-4H3,(H,47,49,56)/t27-,44+/m0/s1. The third-order valence-electron chi connectivity index (χ3n) is 13.3. The summed E-state index contributed by atoms with van der Waals surface area (Å²) in [4.78, 5) is 29.6. The molecule has 11 rings (SSSR count). The summed E-state index contributed by atoms with van der Waals surface area (Å²) in [7, 11) is -2.45. The molecular weight excluding hydrogens is 816 g/mol. The first-order valence-electron chi connectivity index (χ1n) is 20.7. The zero-order chi connectivity index (χ0) is 42.8. The molecule has 0 amide bonds. The highest BCUT2D eigenvalue weighted by Crippen LogP contribution is 2.56. The lowest BCUT2D eigenvalue weighted by Crippen LogP contribution is -2.38. The van der Waals surface area contributed by atoms with Crippen molar-refractivity contribution >= 4 is 31.8 Å². The highest BCUT2D eigenvalue weighted by molar-refractivity contribution is 7.89. The van der Waals surface area contributed by atoms with Crippen molar-refractivity contribution in [2.24, 2.45) is 13.0 Å². The van der Waals surface area contributed by atoms with E-state index in [1.165, 1.54) is 13.4 Å². The van der Waals surface area contributed by atoms with E-state index in [0.29, 0.717) is 64.7 Å². The molecule has 0 bridgehead atoms. The molecule has 1 saturated carbocycles. The Labute approximate surface area is 353 Å². The molecule has 8 aromatic rings. The van der Waals surface area contributed by atoms with Crippen LogP contribution in [0.2, 0.25) is 0 Å². The van der Waals surface area contributed by atoms with Crippen LogP contribution >= 0.6 is 0 Å². The third-order valence-corrected chi connectivity index (χ3v) is 15.1. The highest BCUT2D eigenvalue weighted by atomic mass is 32.2. The normalized spacial score (nSPS) is 19.8. The summed E-state index contributed by atoms with van der Waals surface area (Å²) in [5.41, 5.74) is 4.45. The van der Waals surface area contributed by atoms with E-state index < -0.39 is 27.0 Å². The van der Waals surface area contributed by atoms with Gasteiger partial charge in [0, 0.05) is 68.5 Å². The van der Waals surface area contributed by atoms with E-state index in [-0.39, 0.29) is 48.0 Å². The Kier molecular flexibility index (Phi) is 8.59. The summed E-state index contributed by atoms with van der Waals surface area (Å²) in [5, 5.41) is 15.1. The predicted molar refractivity (Wildman–Crippen MR) is 226 cm³/mol. The molecule has 18 heteroatoms. The van der Waals surface area contributed by atoms with Crippen molar-refractivity contribution in [3.8, 4) is 17.2 Å². The fourth-order valence-corrected chi connectivity index (χ4v) is 11.5. The van der Waals surface area contributed by atoms with Crippen molar-refractivity contribution in [2.75, 3.05) is 19.8 Å². The number of hydrogen-bond acceptors (Lipinski definition) is 9. The number of rotatable bonds is 8. The van der Waals surface area contributed by atoms with E-state index in [9.17, 15) is 9.59 Å². The summed E-state index contributed by atoms with van der Waals surface area (Å²) >= 11 is 0. The largest absolute Gasteiger partial charge is 0.438 e. The SMILES string of the molecule is Cc1cc(-n2nc3c(c2-n2ccn(-c4ccc5c(cnn5C)c4)c2=O)CN(S(=O)(=O)c2cc4cc(C5CCOCC5)ccc4n2[C@]2(c4noc(=O)[nH]4)C[C@@H]2C)CC3)cc(C)c1F. The zero-order valence-corrected chi connectivity index (χ0v) is 35.3. The van der Waals surface area contributed by atoms with Crippen LogP contribution in [0.5, 0.6) is 0 Å². The Bertz CT molecular complexity index is 3340. The highest BCUT2D eigenvalue weighted by Gasteiger charge is 2.59. The van der Waals surface area contributed by atoms with Gasteiger partial charge in [-0.2, -0.15) is 14.5 Å². The van der Waals surface area contributed by atoms with Gasteiger partial charge in [0.1, 0.15) is 17.2 Å². The molecule has 0 radical (unpaired) electrons. The predicted octanol–water partition coefficient (Wildman–Crippen LogP) is 5.51. The van der Waals surface area contributed by atoms with Gasteiger partial charge in [0.15, 0.2) is 10.9 Å². The van der Waals surface area contributed by atoms with Gasteiger partial charge in [-0.1, -0.05) is 18.1 Å². The van der Waals surface area contributed by atoms with Crippen LogP contribution in [0, 0.1) is 25.6 Å². The molecule has 7 heterocycles. The summed E-state index contributed by atoms with van der Waals surface area (Å²) in [6.45, 7) is 6.67. The molecular formula is C44H43FN10O6S. The number of aromatic nitrogens is 9. The Morgan fingerprint density at radius 3 is 2.39 bits per heavy atom. The minimum atomic E-state index is -4.30. The van der Waals surface area contributed by atoms with Gasteiger partial charge in [0.05, 0.1) is 34.3 Å². The summed E-state index contributed by atoms with van der Waals surface area (Å²) in [6.07, 6.45) is 7.55. The molecule has 1 aliphatic carbocycles. The average molecular weight is 859 g/mol. The molecule has 2 fully saturated rings. The summed E-state index contributed by atoms with van der Waals surface area (Å²) in [5.74, 6) is -0.256. The van der Waals surface area contributed by atoms with Crippen LogP contribution in [-0.2, 0) is 40.3 Å². The number of fused-ring (bicyclic) bond motifs is 3. The van der Waals surface area contributed by atoms with Crippen LogP contribution in [-0.4, -0.2) is 75.9 Å². The first-order valence-corrected chi connectivity index (χ1v) is 22.2. The number of H-pyrrole nitrogens is 1. The van der Waals surface area contributed by atoms with Gasteiger partial charge < -0.3 is 9.30 Å². The number of aryl methyl sites for hydroxylation is 3. The van der Waals surface area contributed by atoms with E-state index >= 15 is 12.8 Å². The Morgan fingerprint density at radius 2 is 1.66 bits per heavy atom. The number of benzene rings is 3. The minimum absolute atomic E-state index is 0.0566. The number of hydrogen-bond donors (Lipinski definition) is 1. The minimum Gasteiger partial charge on any atom is -0.381 e. The van der Waals surface area contributed by atoms with Gasteiger partial charge in [-0.15, -0.1) is 0 Å². The van der Waals surface area contributed by atoms with Crippen molar-refractivity contribution < 1.29 is 22.1 Å². The van der Waals surface area contributed by atoms with Gasteiger partial charge in [0.25, 0.3) is 10.0 Å². The molecule has 0 unspecified atom stereocenters. The van der Waals surface area contributed by atoms with Gasteiger partial charge in [-0.3, -0.25) is 23.3 Å². The molecule has 2 aliphatic heterocycles. The van der Waals surface area contributed by atoms with Crippen LogP contribution in [0.1, 0.15) is 65.9 Å². The van der Waals surface area contributed by atoms with Crippen molar-refractivity contribution in [1.82, 2.24) is 47.7 Å². The van der Waals surface area contributed by atoms with E-state index in [2.05, 4.69) is 27.4 Å². The molecule has 2 atom stereocenters. The second-order valence-electron chi connectivity index (χ2n) is 17.0. The molecule has 1 saturated heterocycles.